The van der Waals surface area contributed by atoms with E-state index in [2.05, 4.69) is 10.3 Å². The van der Waals surface area contributed by atoms with Gasteiger partial charge in [-0.3, -0.25) is 14.2 Å². The van der Waals surface area contributed by atoms with Crippen LogP contribution in [0.2, 0.25) is 10.0 Å². The summed E-state index contributed by atoms with van der Waals surface area (Å²) in [6.45, 7) is 0.00698. The Kier molecular flexibility index (Phi) is 5.81. The Morgan fingerprint density at radius 2 is 1.74 bits per heavy atom. The predicted octanol–water partition coefficient (Wildman–Crippen LogP) is 5.48. The fraction of sp³-hybridized carbons (Fsp3) is 0.0800. The van der Waals surface area contributed by atoms with Crippen LogP contribution in [0.1, 0.15) is 5.56 Å². The van der Waals surface area contributed by atoms with Gasteiger partial charge in [0.2, 0.25) is 5.91 Å². The van der Waals surface area contributed by atoms with E-state index in [0.717, 1.165) is 5.56 Å². The molecule has 0 saturated heterocycles. The Hall–Kier alpha value is -3.68. The Morgan fingerprint density at radius 1 is 1.00 bits per heavy atom. The lowest BCUT2D eigenvalue weighted by atomic mass is 10.2. The van der Waals surface area contributed by atoms with Crippen molar-refractivity contribution in [1.29, 1.82) is 0 Å². The van der Waals surface area contributed by atoms with Crippen molar-refractivity contribution in [2.75, 3.05) is 5.32 Å². The molecule has 34 heavy (non-hydrogen) atoms. The summed E-state index contributed by atoms with van der Waals surface area (Å²) in [6, 6.07) is 18.2. The van der Waals surface area contributed by atoms with Crippen molar-refractivity contribution in [2.24, 2.45) is 0 Å². The predicted molar refractivity (Wildman–Crippen MR) is 132 cm³/mol. The molecule has 1 N–H and O–H groups in total. The summed E-state index contributed by atoms with van der Waals surface area (Å²) in [4.78, 5) is 30.9. The van der Waals surface area contributed by atoms with Crippen LogP contribution in [0.15, 0.2) is 77.9 Å². The highest BCUT2D eigenvalue weighted by atomic mass is 35.5. The summed E-state index contributed by atoms with van der Waals surface area (Å²) in [5, 5.41) is 4.12. The highest BCUT2D eigenvalue weighted by Crippen LogP contribution is 2.27. The minimum atomic E-state index is -0.464. The van der Waals surface area contributed by atoms with Crippen molar-refractivity contribution >= 4 is 56.7 Å². The monoisotopic (exact) mass is 494 g/mol. The molecule has 5 aromatic rings. The van der Waals surface area contributed by atoms with E-state index in [4.69, 9.17) is 23.2 Å². The second kappa shape index (κ2) is 8.93. The standard InChI is InChI=1S/C25H17Cl2FN4O2/c26-18-6-2-1-5-15(18)12-31-14-29-23-17-11-16(28)9-10-21(17)32(24(23)25(31)34)13-22(33)30-20-8-4-3-7-19(20)27/h1-11,14H,12-13H2,(H,30,33). The maximum absolute atomic E-state index is 14.1. The lowest BCUT2D eigenvalue weighted by Crippen LogP contribution is -2.25. The highest BCUT2D eigenvalue weighted by Gasteiger charge is 2.19. The first kappa shape index (κ1) is 22.1. The third-order valence-corrected chi connectivity index (χ3v) is 6.23. The van der Waals surface area contributed by atoms with Gasteiger partial charge in [0.25, 0.3) is 5.56 Å². The summed E-state index contributed by atoms with van der Waals surface area (Å²) >= 11 is 12.4. The van der Waals surface area contributed by atoms with Gasteiger partial charge in [-0.1, -0.05) is 53.5 Å². The van der Waals surface area contributed by atoms with Crippen LogP contribution in [0.5, 0.6) is 0 Å². The molecule has 0 radical (unpaired) electrons. The maximum atomic E-state index is 14.1. The van der Waals surface area contributed by atoms with Gasteiger partial charge in [-0.15, -0.1) is 0 Å². The molecule has 0 aliphatic carbocycles. The summed E-state index contributed by atoms with van der Waals surface area (Å²) in [6.07, 6.45) is 1.41. The van der Waals surface area contributed by atoms with E-state index in [0.29, 0.717) is 32.2 Å². The molecule has 0 atom stereocenters. The number of amides is 1. The van der Waals surface area contributed by atoms with Crippen LogP contribution in [0.3, 0.4) is 0 Å². The lowest BCUT2D eigenvalue weighted by Gasteiger charge is -2.11. The number of carbonyl (C=O) groups excluding carboxylic acids is 1. The number of rotatable bonds is 5. The van der Waals surface area contributed by atoms with Gasteiger partial charge in [0.15, 0.2) is 0 Å². The number of benzene rings is 3. The first-order chi connectivity index (χ1) is 16.4. The molecular weight excluding hydrogens is 478 g/mol. The summed E-state index contributed by atoms with van der Waals surface area (Å²) in [5.41, 5.74) is 1.87. The molecule has 1 amide bonds. The number of halogens is 3. The van der Waals surface area contributed by atoms with E-state index < -0.39 is 11.7 Å². The van der Waals surface area contributed by atoms with Crippen molar-refractivity contribution in [3.63, 3.8) is 0 Å². The Balaban J connectivity index is 1.62. The van der Waals surface area contributed by atoms with Crippen LogP contribution in [-0.4, -0.2) is 20.0 Å². The highest BCUT2D eigenvalue weighted by molar-refractivity contribution is 6.33. The third-order valence-electron chi connectivity index (χ3n) is 5.54. The molecule has 6 nitrogen and oxygen atoms in total. The minimum Gasteiger partial charge on any atom is -0.325 e. The number of para-hydroxylation sites is 1. The Morgan fingerprint density at radius 3 is 2.50 bits per heavy atom. The van der Waals surface area contributed by atoms with Gasteiger partial charge in [0.1, 0.15) is 23.4 Å². The molecule has 0 aliphatic rings. The number of hydrogen-bond acceptors (Lipinski definition) is 3. The number of aromatic nitrogens is 3. The molecule has 2 heterocycles. The maximum Gasteiger partial charge on any atom is 0.278 e. The molecule has 2 aromatic heterocycles. The minimum absolute atomic E-state index is 0.191. The van der Waals surface area contributed by atoms with Gasteiger partial charge in [-0.05, 0) is 42.0 Å². The van der Waals surface area contributed by atoms with Gasteiger partial charge in [-0.25, -0.2) is 9.37 Å². The van der Waals surface area contributed by atoms with Gasteiger partial charge in [0, 0.05) is 10.4 Å². The molecule has 0 saturated carbocycles. The topological polar surface area (TPSA) is 68.9 Å². The molecule has 0 bridgehead atoms. The third kappa shape index (κ3) is 4.04. The van der Waals surface area contributed by atoms with Crippen LogP contribution in [0, 0.1) is 5.82 Å². The van der Waals surface area contributed by atoms with Crippen LogP contribution in [0.25, 0.3) is 21.9 Å². The quantitative estimate of drug-likeness (QED) is 0.351. The number of nitrogens with one attached hydrogen (secondary N) is 1. The van der Waals surface area contributed by atoms with E-state index in [1.165, 1.54) is 29.1 Å². The number of carbonyl (C=O) groups is 1. The number of hydrogen-bond donors (Lipinski definition) is 1. The van der Waals surface area contributed by atoms with E-state index in [1.54, 1.807) is 41.0 Å². The molecule has 5 rings (SSSR count). The normalized spacial score (nSPS) is 11.3. The number of anilines is 1. The Labute approximate surface area is 203 Å². The van der Waals surface area contributed by atoms with E-state index in [-0.39, 0.29) is 24.2 Å². The van der Waals surface area contributed by atoms with E-state index in [1.807, 2.05) is 12.1 Å². The molecule has 170 valence electrons. The first-order valence-electron chi connectivity index (χ1n) is 10.4. The first-order valence-corrected chi connectivity index (χ1v) is 11.1. The van der Waals surface area contributed by atoms with Crippen molar-refractivity contribution in [3.05, 3.63) is 105 Å². The summed E-state index contributed by atoms with van der Waals surface area (Å²) in [5.74, 6) is -0.855. The van der Waals surface area contributed by atoms with Gasteiger partial charge < -0.3 is 9.88 Å². The van der Waals surface area contributed by atoms with E-state index >= 15 is 0 Å². The zero-order valence-electron chi connectivity index (χ0n) is 17.6. The summed E-state index contributed by atoms with van der Waals surface area (Å²) in [7, 11) is 0. The molecule has 0 fully saturated rings. The van der Waals surface area contributed by atoms with Gasteiger partial charge >= 0.3 is 0 Å². The average Bonchev–Trinajstić information content (AvgIpc) is 3.11. The van der Waals surface area contributed by atoms with Crippen LogP contribution < -0.4 is 10.9 Å². The second-order valence-electron chi connectivity index (χ2n) is 7.74. The zero-order chi connectivity index (χ0) is 23.8. The van der Waals surface area contributed by atoms with Gasteiger partial charge in [0.05, 0.1) is 29.1 Å². The molecular formula is C25H17Cl2FN4O2. The second-order valence-corrected chi connectivity index (χ2v) is 8.56. The summed E-state index contributed by atoms with van der Waals surface area (Å²) < 4.78 is 17.0. The van der Waals surface area contributed by atoms with Crippen molar-refractivity contribution < 1.29 is 9.18 Å². The largest absolute Gasteiger partial charge is 0.325 e. The van der Waals surface area contributed by atoms with Crippen molar-refractivity contribution in [2.45, 2.75) is 13.1 Å². The van der Waals surface area contributed by atoms with Crippen molar-refractivity contribution in [3.8, 4) is 0 Å². The van der Waals surface area contributed by atoms with E-state index in [9.17, 15) is 14.0 Å². The average molecular weight is 495 g/mol. The van der Waals surface area contributed by atoms with Crippen LogP contribution in [0.4, 0.5) is 10.1 Å². The van der Waals surface area contributed by atoms with Gasteiger partial charge in [-0.2, -0.15) is 0 Å². The SMILES string of the molecule is O=C(Cn1c2ccc(F)cc2c2ncn(Cc3ccccc3Cl)c(=O)c21)Nc1ccccc1Cl. The molecule has 0 aliphatic heterocycles. The molecule has 0 unspecified atom stereocenters. The van der Waals surface area contributed by atoms with Crippen LogP contribution >= 0.6 is 23.2 Å². The fourth-order valence-electron chi connectivity index (χ4n) is 3.96. The fourth-order valence-corrected chi connectivity index (χ4v) is 4.33. The lowest BCUT2D eigenvalue weighted by molar-refractivity contribution is -0.116. The molecule has 9 heteroatoms. The number of fused-ring (bicyclic) bond motifs is 3. The zero-order valence-corrected chi connectivity index (χ0v) is 19.1. The number of nitrogens with zero attached hydrogens (tertiary/aromatic N) is 3. The molecule has 3 aromatic carbocycles. The molecule has 0 spiro atoms. The smallest absolute Gasteiger partial charge is 0.278 e. The van der Waals surface area contributed by atoms with Crippen LogP contribution in [-0.2, 0) is 17.9 Å². The Bertz CT molecular complexity index is 1630. The van der Waals surface area contributed by atoms with Crippen molar-refractivity contribution in [1.82, 2.24) is 14.1 Å².